The summed E-state index contributed by atoms with van der Waals surface area (Å²) in [5.74, 6) is -2.15. The summed E-state index contributed by atoms with van der Waals surface area (Å²) in [6.45, 7) is -0.872. The van der Waals surface area contributed by atoms with Gasteiger partial charge in [0.25, 0.3) is 0 Å². The Kier molecular flexibility index (Phi) is 5.36. The number of carboxylic acid groups (broad SMARTS) is 1. The van der Waals surface area contributed by atoms with Gasteiger partial charge in [-0.25, -0.2) is 9.59 Å². The molecule has 4 N–H and O–H groups in total. The number of benzene rings is 1. The first-order valence-electron chi connectivity index (χ1n) is 5.49. The van der Waals surface area contributed by atoms with Crippen molar-refractivity contribution in [3.63, 3.8) is 0 Å². The van der Waals surface area contributed by atoms with E-state index in [2.05, 4.69) is 4.74 Å². The van der Waals surface area contributed by atoms with Crippen LogP contribution in [0.4, 0.5) is 23.7 Å². The predicted molar refractivity (Wildman–Crippen MR) is 63.8 cm³/mol. The van der Waals surface area contributed by atoms with Gasteiger partial charge in [0.2, 0.25) is 0 Å². The van der Waals surface area contributed by atoms with Gasteiger partial charge >= 0.3 is 18.4 Å². The largest absolute Gasteiger partial charge is 0.573 e. The van der Waals surface area contributed by atoms with E-state index in [1.54, 1.807) is 0 Å². The normalized spacial score (nSPS) is 12.4. The van der Waals surface area contributed by atoms with Crippen LogP contribution in [0.5, 0.6) is 5.75 Å². The number of nitrogens with one attached hydrogen (secondary N) is 2. The lowest BCUT2D eigenvalue weighted by Gasteiger charge is -2.16. The highest BCUT2D eigenvalue weighted by molar-refractivity contribution is 5.93. The van der Waals surface area contributed by atoms with Gasteiger partial charge in [0.05, 0.1) is 12.3 Å². The van der Waals surface area contributed by atoms with Gasteiger partial charge < -0.3 is 25.6 Å². The minimum absolute atomic E-state index is 0.311. The molecule has 1 atom stereocenters. The number of hydrogen-bond donors (Lipinski definition) is 4. The van der Waals surface area contributed by atoms with E-state index >= 15 is 0 Å². The summed E-state index contributed by atoms with van der Waals surface area (Å²) in [5.41, 5.74) is -0.311. The standard InChI is InChI=1S/C11H11F3N2O5/c12-11(13,14)21-8-4-2-1-3-6(8)15-10(20)16-7(5-17)9(18)19/h1-4,7,17H,5H2,(H,18,19)(H2,15,16,20)/t7-/m1/s1. The molecule has 1 aromatic carbocycles. The van der Waals surface area contributed by atoms with E-state index in [0.29, 0.717) is 0 Å². The number of carbonyl (C=O) groups excluding carboxylic acids is 1. The summed E-state index contributed by atoms with van der Waals surface area (Å²) in [6, 6.07) is 2.03. The van der Waals surface area contributed by atoms with Crippen LogP contribution in [-0.2, 0) is 4.79 Å². The molecule has 0 aliphatic carbocycles. The Labute approximate surface area is 116 Å². The zero-order chi connectivity index (χ0) is 16.0. The van der Waals surface area contributed by atoms with Crippen molar-refractivity contribution >= 4 is 17.7 Å². The summed E-state index contributed by atoms with van der Waals surface area (Å²) < 4.78 is 40.2. The molecule has 0 unspecified atom stereocenters. The lowest BCUT2D eigenvalue weighted by molar-refractivity contribution is -0.274. The molecule has 0 saturated heterocycles. The summed E-state index contributed by atoms with van der Waals surface area (Å²) in [4.78, 5) is 22.1. The second-order valence-electron chi connectivity index (χ2n) is 3.72. The Morgan fingerprint density at radius 2 is 1.90 bits per heavy atom. The first-order chi connectivity index (χ1) is 9.73. The monoisotopic (exact) mass is 308 g/mol. The Morgan fingerprint density at radius 1 is 1.29 bits per heavy atom. The van der Waals surface area contributed by atoms with Gasteiger partial charge in [-0.15, -0.1) is 13.2 Å². The lowest BCUT2D eigenvalue weighted by atomic mass is 10.3. The number of aliphatic hydroxyl groups excluding tert-OH is 1. The van der Waals surface area contributed by atoms with Crippen molar-refractivity contribution in [3.8, 4) is 5.75 Å². The van der Waals surface area contributed by atoms with Crippen LogP contribution in [0.15, 0.2) is 24.3 Å². The van der Waals surface area contributed by atoms with Gasteiger partial charge in [-0.2, -0.15) is 0 Å². The smallest absolute Gasteiger partial charge is 0.480 e. The molecule has 0 aromatic heterocycles. The highest BCUT2D eigenvalue weighted by atomic mass is 19.4. The molecule has 0 radical (unpaired) electrons. The first-order valence-corrected chi connectivity index (χ1v) is 5.49. The minimum atomic E-state index is -4.94. The van der Waals surface area contributed by atoms with E-state index in [-0.39, 0.29) is 5.69 Å². The second-order valence-corrected chi connectivity index (χ2v) is 3.72. The number of ether oxygens (including phenoxy) is 1. The second kappa shape index (κ2) is 6.79. The predicted octanol–water partition coefficient (Wildman–Crippen LogP) is 1.15. The van der Waals surface area contributed by atoms with Crippen molar-refractivity contribution < 1.29 is 37.7 Å². The molecule has 7 nitrogen and oxygen atoms in total. The Morgan fingerprint density at radius 3 is 2.43 bits per heavy atom. The lowest BCUT2D eigenvalue weighted by Crippen LogP contribution is -2.45. The number of urea groups is 1. The number of hydrogen-bond acceptors (Lipinski definition) is 4. The van der Waals surface area contributed by atoms with Crippen LogP contribution < -0.4 is 15.4 Å². The third kappa shape index (κ3) is 5.57. The zero-order valence-corrected chi connectivity index (χ0v) is 10.3. The van der Waals surface area contributed by atoms with Crippen molar-refractivity contribution in [2.24, 2.45) is 0 Å². The zero-order valence-electron chi connectivity index (χ0n) is 10.3. The summed E-state index contributed by atoms with van der Waals surface area (Å²) >= 11 is 0. The molecule has 0 spiro atoms. The fourth-order valence-corrected chi connectivity index (χ4v) is 1.29. The average Bonchev–Trinajstić information content (AvgIpc) is 2.36. The molecule has 0 aliphatic rings. The summed E-state index contributed by atoms with van der Waals surface area (Å²) in [7, 11) is 0. The third-order valence-corrected chi connectivity index (χ3v) is 2.15. The number of aliphatic carboxylic acids is 1. The van der Waals surface area contributed by atoms with Crippen LogP contribution in [0.25, 0.3) is 0 Å². The van der Waals surface area contributed by atoms with E-state index in [1.165, 1.54) is 12.1 Å². The number of rotatable bonds is 5. The van der Waals surface area contributed by atoms with Crippen LogP contribution >= 0.6 is 0 Å². The van der Waals surface area contributed by atoms with Crippen LogP contribution in [0.1, 0.15) is 0 Å². The molecule has 0 heterocycles. The molecule has 1 aromatic rings. The van der Waals surface area contributed by atoms with Crippen molar-refractivity contribution in [2.45, 2.75) is 12.4 Å². The number of amides is 2. The molecule has 0 saturated carbocycles. The minimum Gasteiger partial charge on any atom is -0.480 e. The van der Waals surface area contributed by atoms with E-state index in [9.17, 15) is 22.8 Å². The highest BCUT2D eigenvalue weighted by Gasteiger charge is 2.32. The maximum Gasteiger partial charge on any atom is 0.573 e. The van der Waals surface area contributed by atoms with Gasteiger partial charge in [-0.05, 0) is 12.1 Å². The molecular formula is C11H11F3N2O5. The van der Waals surface area contributed by atoms with Crippen molar-refractivity contribution in [2.75, 3.05) is 11.9 Å². The molecular weight excluding hydrogens is 297 g/mol. The molecule has 0 aliphatic heterocycles. The SMILES string of the molecule is O=C(Nc1ccccc1OC(F)(F)F)N[C@H](CO)C(=O)O. The Hall–Kier alpha value is -2.49. The number of anilines is 1. The molecule has 2 amide bonds. The topological polar surface area (TPSA) is 108 Å². The fraction of sp³-hybridized carbons (Fsp3) is 0.273. The number of carboxylic acids is 1. The number of alkyl halides is 3. The van der Waals surface area contributed by atoms with Crippen molar-refractivity contribution in [3.05, 3.63) is 24.3 Å². The van der Waals surface area contributed by atoms with Crippen molar-refractivity contribution in [1.29, 1.82) is 0 Å². The maximum absolute atomic E-state index is 12.2. The Balaban J connectivity index is 2.79. The summed E-state index contributed by atoms with van der Waals surface area (Å²) in [6.07, 6.45) is -4.94. The number of carbonyl (C=O) groups is 2. The van der Waals surface area contributed by atoms with Gasteiger partial charge in [-0.3, -0.25) is 0 Å². The van der Waals surface area contributed by atoms with Crippen LogP contribution in [0.2, 0.25) is 0 Å². The maximum atomic E-state index is 12.2. The molecule has 21 heavy (non-hydrogen) atoms. The number of para-hydroxylation sites is 2. The van der Waals surface area contributed by atoms with Crippen molar-refractivity contribution in [1.82, 2.24) is 5.32 Å². The molecule has 116 valence electrons. The summed E-state index contributed by atoms with van der Waals surface area (Å²) in [5, 5.41) is 21.2. The first kappa shape index (κ1) is 16.6. The number of halogens is 3. The van der Waals surface area contributed by atoms with E-state index in [0.717, 1.165) is 12.1 Å². The molecule has 0 bridgehead atoms. The van der Waals surface area contributed by atoms with E-state index in [1.807, 2.05) is 10.6 Å². The average molecular weight is 308 g/mol. The third-order valence-electron chi connectivity index (χ3n) is 2.15. The van der Waals surface area contributed by atoms with Gasteiger partial charge in [0.15, 0.2) is 11.8 Å². The molecule has 1 rings (SSSR count). The van der Waals surface area contributed by atoms with E-state index < -0.39 is 36.8 Å². The Bertz CT molecular complexity index is 521. The molecule has 0 fully saturated rings. The van der Waals surface area contributed by atoms with Gasteiger partial charge in [0, 0.05) is 0 Å². The van der Waals surface area contributed by atoms with Gasteiger partial charge in [-0.1, -0.05) is 12.1 Å². The quantitative estimate of drug-likeness (QED) is 0.652. The van der Waals surface area contributed by atoms with Crippen LogP contribution in [0, 0.1) is 0 Å². The van der Waals surface area contributed by atoms with Crippen LogP contribution in [0.3, 0.4) is 0 Å². The van der Waals surface area contributed by atoms with Gasteiger partial charge in [0.1, 0.15) is 0 Å². The van der Waals surface area contributed by atoms with Crippen LogP contribution in [-0.4, -0.2) is 41.2 Å². The molecule has 10 heteroatoms. The fourth-order valence-electron chi connectivity index (χ4n) is 1.29. The number of aliphatic hydroxyl groups is 1. The van der Waals surface area contributed by atoms with E-state index in [4.69, 9.17) is 10.2 Å². The highest BCUT2D eigenvalue weighted by Crippen LogP contribution is 2.29.